The Bertz CT molecular complexity index is 602. The van der Waals surface area contributed by atoms with E-state index in [1.165, 1.54) is 0 Å². The quantitative estimate of drug-likeness (QED) is 0.870. The minimum absolute atomic E-state index is 0.00927. The van der Waals surface area contributed by atoms with Gasteiger partial charge >= 0.3 is 6.03 Å². The fraction of sp³-hybridized carbons (Fsp3) is 0.632. The van der Waals surface area contributed by atoms with Crippen LogP contribution < -0.4 is 15.4 Å². The Morgan fingerprint density at radius 3 is 2.88 bits per heavy atom. The highest BCUT2D eigenvalue weighted by Crippen LogP contribution is 2.52. The molecule has 0 spiro atoms. The molecular weight excluding hydrogens is 304 g/mol. The second kappa shape index (κ2) is 6.63. The summed E-state index contributed by atoms with van der Waals surface area (Å²) in [5, 5.41) is 6.28. The number of benzene rings is 1. The minimum Gasteiger partial charge on any atom is -0.496 e. The Labute approximate surface area is 144 Å². The Morgan fingerprint density at radius 2 is 2.17 bits per heavy atom. The van der Waals surface area contributed by atoms with E-state index in [-0.39, 0.29) is 29.6 Å². The van der Waals surface area contributed by atoms with Gasteiger partial charge in [-0.1, -0.05) is 39.0 Å². The predicted octanol–water partition coefficient (Wildman–Crippen LogP) is 3.26. The van der Waals surface area contributed by atoms with Gasteiger partial charge in [-0.2, -0.15) is 0 Å². The Hall–Kier alpha value is -1.75. The molecule has 3 rings (SSSR count). The van der Waals surface area contributed by atoms with Gasteiger partial charge in [0.25, 0.3) is 0 Å². The Balaban J connectivity index is 1.65. The van der Waals surface area contributed by atoms with E-state index in [1.54, 1.807) is 7.11 Å². The lowest BCUT2D eigenvalue weighted by atomic mass is 9.57. The lowest BCUT2D eigenvalue weighted by Gasteiger charge is -2.54. The summed E-state index contributed by atoms with van der Waals surface area (Å²) in [5.41, 5.74) is 0.998. The van der Waals surface area contributed by atoms with Crippen LogP contribution in [0, 0.1) is 11.3 Å². The number of amides is 2. The Kier molecular flexibility index (Phi) is 4.72. The molecule has 2 amide bonds. The topological polar surface area (TPSA) is 59.6 Å². The van der Waals surface area contributed by atoms with E-state index < -0.39 is 0 Å². The van der Waals surface area contributed by atoms with Crippen molar-refractivity contribution in [1.82, 2.24) is 10.6 Å². The largest absolute Gasteiger partial charge is 0.496 e. The number of fused-ring (bicyclic) bond motifs is 1. The lowest BCUT2D eigenvalue weighted by molar-refractivity contribution is -0.108. The number of ether oxygens (including phenoxy) is 2. The van der Waals surface area contributed by atoms with Gasteiger partial charge in [-0.25, -0.2) is 4.79 Å². The van der Waals surface area contributed by atoms with Crippen molar-refractivity contribution in [2.45, 2.75) is 51.8 Å². The van der Waals surface area contributed by atoms with Crippen LogP contribution in [0.3, 0.4) is 0 Å². The zero-order valence-corrected chi connectivity index (χ0v) is 15.0. The smallest absolute Gasteiger partial charge is 0.315 e. The third-order valence-corrected chi connectivity index (χ3v) is 5.61. The van der Waals surface area contributed by atoms with Gasteiger partial charge in [0.15, 0.2) is 0 Å². The van der Waals surface area contributed by atoms with Gasteiger partial charge in [-0.15, -0.1) is 0 Å². The van der Waals surface area contributed by atoms with Gasteiger partial charge in [0.05, 0.1) is 19.3 Å². The van der Waals surface area contributed by atoms with Crippen LogP contribution in [0.15, 0.2) is 24.3 Å². The number of rotatable bonds is 5. The molecule has 4 atom stereocenters. The molecule has 2 N–H and O–H groups in total. The van der Waals surface area contributed by atoms with Crippen LogP contribution in [0.4, 0.5) is 4.79 Å². The summed E-state index contributed by atoms with van der Waals surface area (Å²) >= 11 is 0. The molecular formula is C19H28N2O3. The molecule has 24 heavy (non-hydrogen) atoms. The average molecular weight is 332 g/mol. The fourth-order valence-corrected chi connectivity index (χ4v) is 4.31. The molecule has 132 valence electrons. The maximum absolute atomic E-state index is 12.6. The first-order valence-corrected chi connectivity index (χ1v) is 8.80. The first kappa shape index (κ1) is 17.1. The standard InChI is InChI=1S/C19H28N2O3/c1-5-14(12-8-6-7-9-15(12)23-4)20-18(22)21-16-13-10-11-24-17(13)19(16,2)3/h6-9,13-14,16-17H,5,10-11H2,1-4H3,(H2,20,21,22)/t13-,14+,16-,17+/m1/s1. The van der Waals surface area contributed by atoms with Crippen LogP contribution in [-0.4, -0.2) is 31.9 Å². The summed E-state index contributed by atoms with van der Waals surface area (Å²) in [6.07, 6.45) is 2.11. The first-order valence-electron chi connectivity index (χ1n) is 8.80. The molecule has 1 aromatic rings. The molecule has 1 aliphatic carbocycles. The monoisotopic (exact) mass is 332 g/mol. The van der Waals surface area contributed by atoms with Crippen LogP contribution >= 0.6 is 0 Å². The molecule has 2 aliphatic rings. The van der Waals surface area contributed by atoms with Gasteiger partial charge in [0.2, 0.25) is 0 Å². The van der Waals surface area contributed by atoms with Crippen LogP contribution in [-0.2, 0) is 4.74 Å². The highest BCUT2D eigenvalue weighted by Gasteiger charge is 2.59. The van der Waals surface area contributed by atoms with E-state index in [2.05, 4.69) is 31.4 Å². The third-order valence-electron chi connectivity index (χ3n) is 5.61. The van der Waals surface area contributed by atoms with E-state index in [0.717, 1.165) is 30.8 Å². The average Bonchev–Trinajstić information content (AvgIpc) is 3.05. The van der Waals surface area contributed by atoms with Gasteiger partial charge in [-0.05, 0) is 18.9 Å². The maximum Gasteiger partial charge on any atom is 0.315 e. The third kappa shape index (κ3) is 2.86. The summed E-state index contributed by atoms with van der Waals surface area (Å²) in [6.45, 7) is 7.20. The number of hydrogen-bond donors (Lipinski definition) is 2. The normalized spacial score (nSPS) is 28.4. The molecule has 0 aromatic heterocycles. The highest BCUT2D eigenvalue weighted by atomic mass is 16.5. The molecule has 1 heterocycles. The zero-order chi connectivity index (χ0) is 17.3. The number of hydrogen-bond acceptors (Lipinski definition) is 3. The van der Waals surface area contributed by atoms with E-state index in [4.69, 9.17) is 9.47 Å². The minimum atomic E-state index is -0.115. The summed E-state index contributed by atoms with van der Waals surface area (Å²) in [6, 6.07) is 7.81. The highest BCUT2D eigenvalue weighted by molar-refractivity contribution is 5.75. The molecule has 2 fully saturated rings. The lowest BCUT2D eigenvalue weighted by Crippen LogP contribution is -2.67. The van der Waals surface area contributed by atoms with Crippen molar-refractivity contribution in [2.75, 3.05) is 13.7 Å². The molecule has 1 aromatic carbocycles. The van der Waals surface area contributed by atoms with Crippen LogP contribution in [0.2, 0.25) is 0 Å². The van der Waals surface area contributed by atoms with Gasteiger partial charge in [0, 0.05) is 29.5 Å². The van der Waals surface area contributed by atoms with Crippen LogP contribution in [0.5, 0.6) is 5.75 Å². The Morgan fingerprint density at radius 1 is 1.42 bits per heavy atom. The second-order valence-electron chi connectivity index (χ2n) is 7.36. The number of para-hydroxylation sites is 1. The molecule has 5 heteroatoms. The van der Waals surface area contributed by atoms with Gasteiger partial charge in [-0.3, -0.25) is 0 Å². The number of methoxy groups -OCH3 is 1. The van der Waals surface area contributed by atoms with Crippen LogP contribution in [0.25, 0.3) is 0 Å². The van der Waals surface area contributed by atoms with E-state index in [1.807, 2.05) is 24.3 Å². The molecule has 1 aliphatic heterocycles. The molecule has 5 nitrogen and oxygen atoms in total. The molecule has 1 saturated heterocycles. The second-order valence-corrected chi connectivity index (χ2v) is 7.36. The first-order chi connectivity index (χ1) is 11.5. The van der Waals surface area contributed by atoms with E-state index >= 15 is 0 Å². The predicted molar refractivity (Wildman–Crippen MR) is 93.1 cm³/mol. The fourth-order valence-electron chi connectivity index (χ4n) is 4.31. The zero-order valence-electron chi connectivity index (χ0n) is 15.0. The van der Waals surface area contributed by atoms with Gasteiger partial charge in [0.1, 0.15) is 5.75 Å². The molecule has 1 saturated carbocycles. The van der Waals surface area contributed by atoms with E-state index in [0.29, 0.717) is 5.92 Å². The summed E-state index contributed by atoms with van der Waals surface area (Å²) in [4.78, 5) is 12.6. The van der Waals surface area contributed by atoms with Crippen molar-refractivity contribution in [2.24, 2.45) is 11.3 Å². The van der Waals surface area contributed by atoms with Gasteiger partial charge < -0.3 is 20.1 Å². The van der Waals surface area contributed by atoms with Crippen molar-refractivity contribution < 1.29 is 14.3 Å². The summed E-state index contributed by atoms with van der Waals surface area (Å²) in [5.74, 6) is 1.25. The molecule has 0 unspecified atom stereocenters. The number of urea groups is 1. The molecule has 0 radical (unpaired) electrons. The van der Waals surface area contributed by atoms with Crippen molar-refractivity contribution in [3.05, 3.63) is 29.8 Å². The van der Waals surface area contributed by atoms with Crippen molar-refractivity contribution in [1.29, 1.82) is 0 Å². The summed E-state index contributed by atoms with van der Waals surface area (Å²) < 4.78 is 11.2. The number of carbonyl (C=O) groups excluding carboxylic acids is 1. The van der Waals surface area contributed by atoms with Crippen molar-refractivity contribution in [3.8, 4) is 5.75 Å². The maximum atomic E-state index is 12.6. The van der Waals surface area contributed by atoms with Crippen molar-refractivity contribution >= 4 is 6.03 Å². The van der Waals surface area contributed by atoms with Crippen molar-refractivity contribution in [3.63, 3.8) is 0 Å². The number of carbonyl (C=O) groups is 1. The SMILES string of the molecule is CC[C@H](NC(=O)N[C@@H]1[C@H]2CCO[C@@H]2C1(C)C)c1ccccc1OC. The number of nitrogens with one attached hydrogen (secondary N) is 2. The molecule has 0 bridgehead atoms. The van der Waals surface area contributed by atoms with Crippen LogP contribution in [0.1, 0.15) is 45.2 Å². The summed E-state index contributed by atoms with van der Waals surface area (Å²) in [7, 11) is 1.66. The van der Waals surface area contributed by atoms with E-state index in [9.17, 15) is 4.79 Å².